The van der Waals surface area contributed by atoms with Crippen LogP contribution in [0.2, 0.25) is 0 Å². The molecule has 1 aromatic heterocycles. The Hall–Kier alpha value is -1.60. The highest BCUT2D eigenvalue weighted by molar-refractivity contribution is 5.35. The van der Waals surface area contributed by atoms with Gasteiger partial charge in [-0.3, -0.25) is 4.90 Å². The van der Waals surface area contributed by atoms with Gasteiger partial charge >= 0.3 is 0 Å². The van der Waals surface area contributed by atoms with Crippen LogP contribution in [-0.4, -0.2) is 75.5 Å². The minimum Gasteiger partial charge on any atom is -0.481 e. The topological polar surface area (TPSA) is 60.0 Å². The van der Waals surface area contributed by atoms with Gasteiger partial charge in [0.2, 0.25) is 17.7 Å². The minimum absolute atomic E-state index is 0.511. The summed E-state index contributed by atoms with van der Waals surface area (Å²) < 4.78 is 15.7. The molecule has 0 N–H and O–H groups in total. The summed E-state index contributed by atoms with van der Waals surface area (Å²) in [7, 11) is 5.15. The third-order valence-electron chi connectivity index (χ3n) is 3.50. The predicted molar refractivity (Wildman–Crippen MR) is 80.3 cm³/mol. The minimum atomic E-state index is 0.511. The van der Waals surface area contributed by atoms with Gasteiger partial charge in [0.1, 0.15) is 0 Å². The number of hydrogen-bond acceptors (Lipinski definition) is 7. The Balaban J connectivity index is 1.85. The Morgan fingerprint density at radius 1 is 1.19 bits per heavy atom. The van der Waals surface area contributed by atoms with E-state index in [1.165, 1.54) is 0 Å². The molecule has 0 radical (unpaired) electrons. The van der Waals surface area contributed by atoms with Gasteiger partial charge < -0.3 is 19.1 Å². The van der Waals surface area contributed by atoms with Gasteiger partial charge in [0, 0.05) is 33.2 Å². The molecule has 0 saturated carbocycles. The van der Waals surface area contributed by atoms with E-state index in [1.807, 2.05) is 11.9 Å². The molecule has 1 saturated heterocycles. The maximum absolute atomic E-state index is 5.35. The van der Waals surface area contributed by atoms with E-state index < -0.39 is 0 Å². The van der Waals surface area contributed by atoms with Crippen molar-refractivity contribution in [3.05, 3.63) is 6.07 Å². The Morgan fingerprint density at radius 2 is 1.81 bits per heavy atom. The van der Waals surface area contributed by atoms with Gasteiger partial charge in [0.05, 0.1) is 33.5 Å². The van der Waals surface area contributed by atoms with Crippen LogP contribution in [0, 0.1) is 0 Å². The summed E-state index contributed by atoms with van der Waals surface area (Å²) >= 11 is 0. The summed E-state index contributed by atoms with van der Waals surface area (Å²) in [6, 6.07) is 1.67. The van der Waals surface area contributed by atoms with Crippen LogP contribution in [0.25, 0.3) is 0 Å². The first-order valence-electron chi connectivity index (χ1n) is 7.21. The fourth-order valence-electron chi connectivity index (χ4n) is 2.23. The lowest BCUT2D eigenvalue weighted by Crippen LogP contribution is -2.38. The van der Waals surface area contributed by atoms with Gasteiger partial charge in [-0.25, -0.2) is 0 Å². The summed E-state index contributed by atoms with van der Waals surface area (Å²) in [6.07, 6.45) is 1.05. The molecule has 118 valence electrons. The number of morpholine rings is 1. The highest BCUT2D eigenvalue weighted by Gasteiger charge is 2.12. The van der Waals surface area contributed by atoms with Crippen LogP contribution in [0.1, 0.15) is 6.42 Å². The molecular weight excluding hydrogens is 272 g/mol. The number of anilines is 1. The van der Waals surface area contributed by atoms with E-state index in [2.05, 4.69) is 14.9 Å². The first-order valence-corrected chi connectivity index (χ1v) is 7.21. The van der Waals surface area contributed by atoms with E-state index in [4.69, 9.17) is 14.2 Å². The third-order valence-corrected chi connectivity index (χ3v) is 3.50. The number of nitrogens with zero attached hydrogens (tertiary/aromatic N) is 4. The average molecular weight is 296 g/mol. The molecule has 2 heterocycles. The van der Waals surface area contributed by atoms with Crippen LogP contribution < -0.4 is 14.4 Å². The van der Waals surface area contributed by atoms with E-state index in [1.54, 1.807) is 20.3 Å². The van der Waals surface area contributed by atoms with Crippen molar-refractivity contribution in [3.8, 4) is 11.8 Å². The van der Waals surface area contributed by atoms with Gasteiger partial charge in [-0.15, -0.1) is 0 Å². The van der Waals surface area contributed by atoms with E-state index >= 15 is 0 Å². The van der Waals surface area contributed by atoms with Gasteiger partial charge in [-0.2, -0.15) is 9.97 Å². The van der Waals surface area contributed by atoms with E-state index in [0.717, 1.165) is 45.8 Å². The molecule has 1 fully saturated rings. The molecule has 1 aliphatic heterocycles. The monoisotopic (exact) mass is 296 g/mol. The van der Waals surface area contributed by atoms with Crippen LogP contribution in [0.5, 0.6) is 11.8 Å². The Morgan fingerprint density at radius 3 is 2.38 bits per heavy atom. The molecule has 0 atom stereocenters. The zero-order valence-electron chi connectivity index (χ0n) is 13.0. The molecule has 21 heavy (non-hydrogen) atoms. The lowest BCUT2D eigenvalue weighted by atomic mass is 10.3. The van der Waals surface area contributed by atoms with E-state index in [9.17, 15) is 0 Å². The van der Waals surface area contributed by atoms with Crippen LogP contribution in [0.15, 0.2) is 6.07 Å². The molecule has 0 amide bonds. The third kappa shape index (κ3) is 4.71. The van der Waals surface area contributed by atoms with Gasteiger partial charge in [-0.1, -0.05) is 0 Å². The van der Waals surface area contributed by atoms with Crippen molar-refractivity contribution in [2.75, 3.05) is 65.6 Å². The average Bonchev–Trinajstić information content (AvgIpc) is 2.55. The van der Waals surface area contributed by atoms with Crippen molar-refractivity contribution >= 4 is 5.95 Å². The Kier molecular flexibility index (Phi) is 6.01. The molecule has 0 aliphatic carbocycles. The second kappa shape index (κ2) is 7.99. The molecule has 2 rings (SSSR count). The largest absolute Gasteiger partial charge is 0.481 e. The second-order valence-corrected chi connectivity index (χ2v) is 4.98. The van der Waals surface area contributed by atoms with Gasteiger partial charge in [0.25, 0.3) is 0 Å². The van der Waals surface area contributed by atoms with Crippen LogP contribution >= 0.6 is 0 Å². The highest BCUT2D eigenvalue weighted by Crippen LogP contribution is 2.19. The number of rotatable bonds is 7. The lowest BCUT2D eigenvalue weighted by molar-refractivity contribution is 0.0377. The van der Waals surface area contributed by atoms with Gasteiger partial charge in [0.15, 0.2) is 0 Å². The van der Waals surface area contributed by atoms with E-state index in [0.29, 0.717) is 17.7 Å². The van der Waals surface area contributed by atoms with Crippen molar-refractivity contribution in [2.24, 2.45) is 0 Å². The predicted octanol–water partition coefficient (Wildman–Crippen LogP) is 0.652. The number of hydrogen-bond donors (Lipinski definition) is 0. The summed E-state index contributed by atoms with van der Waals surface area (Å²) in [5.41, 5.74) is 0. The second-order valence-electron chi connectivity index (χ2n) is 4.98. The molecule has 7 heteroatoms. The Bertz CT molecular complexity index is 416. The zero-order chi connectivity index (χ0) is 15.1. The smallest absolute Gasteiger partial charge is 0.231 e. The fraction of sp³-hybridized carbons (Fsp3) is 0.714. The quantitative estimate of drug-likeness (QED) is 0.732. The maximum atomic E-state index is 5.35. The summed E-state index contributed by atoms with van der Waals surface area (Å²) in [5.74, 6) is 1.64. The van der Waals surface area contributed by atoms with Crippen molar-refractivity contribution in [2.45, 2.75) is 6.42 Å². The number of aromatic nitrogens is 2. The molecule has 0 bridgehead atoms. The zero-order valence-corrected chi connectivity index (χ0v) is 13.0. The number of methoxy groups -OCH3 is 2. The molecule has 0 unspecified atom stereocenters. The molecule has 0 aromatic carbocycles. The lowest BCUT2D eigenvalue weighted by Gasteiger charge is -2.27. The maximum Gasteiger partial charge on any atom is 0.231 e. The Labute approximate surface area is 125 Å². The van der Waals surface area contributed by atoms with Gasteiger partial charge in [-0.05, 0) is 6.42 Å². The molecular formula is C14H24N4O3. The summed E-state index contributed by atoms with van der Waals surface area (Å²) in [6.45, 7) is 5.67. The highest BCUT2D eigenvalue weighted by atomic mass is 16.5. The van der Waals surface area contributed by atoms with Crippen molar-refractivity contribution < 1.29 is 14.2 Å². The first-order chi connectivity index (χ1) is 10.2. The first kappa shape index (κ1) is 15.8. The SMILES string of the molecule is COc1cc(OC)nc(N(C)CCCN2CCOCC2)n1. The standard InChI is InChI=1S/C14H24N4O3/c1-17(5-4-6-18-7-9-21-10-8-18)14-15-12(19-2)11-13(16-14)20-3/h11H,4-10H2,1-3H3. The summed E-state index contributed by atoms with van der Waals surface area (Å²) in [4.78, 5) is 13.1. The molecule has 1 aromatic rings. The van der Waals surface area contributed by atoms with E-state index in [-0.39, 0.29) is 0 Å². The molecule has 7 nitrogen and oxygen atoms in total. The molecule has 0 spiro atoms. The fourth-order valence-corrected chi connectivity index (χ4v) is 2.23. The van der Waals surface area contributed by atoms with Crippen LogP contribution in [0.3, 0.4) is 0 Å². The number of ether oxygens (including phenoxy) is 3. The van der Waals surface area contributed by atoms with Crippen LogP contribution in [-0.2, 0) is 4.74 Å². The van der Waals surface area contributed by atoms with Crippen molar-refractivity contribution in [1.29, 1.82) is 0 Å². The summed E-state index contributed by atoms with van der Waals surface area (Å²) in [5, 5.41) is 0. The normalized spacial score (nSPS) is 15.8. The van der Waals surface area contributed by atoms with Crippen LogP contribution in [0.4, 0.5) is 5.95 Å². The van der Waals surface area contributed by atoms with Crippen molar-refractivity contribution in [3.63, 3.8) is 0 Å². The molecule has 1 aliphatic rings. The van der Waals surface area contributed by atoms with Crippen molar-refractivity contribution in [1.82, 2.24) is 14.9 Å².